The van der Waals surface area contributed by atoms with Crippen LogP contribution >= 0.6 is 34.8 Å². The van der Waals surface area contributed by atoms with Crippen LogP contribution in [0.25, 0.3) is 0 Å². The Morgan fingerprint density at radius 2 is 1.56 bits per heavy atom. The molecule has 3 aromatic rings. The Hall–Kier alpha value is -2.78. The van der Waals surface area contributed by atoms with E-state index in [0.717, 1.165) is 4.31 Å². The number of aryl methyl sites for hydroxylation is 1. The summed E-state index contributed by atoms with van der Waals surface area (Å²) < 4.78 is 29.0. The largest absolute Gasteiger partial charge is 0.350 e. The monoisotopic (exact) mass is 637 g/mol. The molecule has 0 aliphatic carbocycles. The van der Waals surface area contributed by atoms with Gasteiger partial charge in [0.1, 0.15) is 12.6 Å². The number of rotatable bonds is 10. The molecule has 0 aliphatic rings. The lowest BCUT2D eigenvalue weighted by Crippen LogP contribution is -2.55. The standard InChI is InChI=1S/C30H34Cl3N3O4S/c1-6-26(29(38)34-30(3,4)5)35(18-21-11-16-24(32)25(33)17-21)28(37)19-36(27-10-8-7-9-20(27)2)41(39,40)23-14-12-22(31)13-15-23/h7-17,26H,6,18-19H2,1-5H3,(H,34,38). The molecule has 41 heavy (non-hydrogen) atoms. The topological polar surface area (TPSA) is 86.8 Å². The maximum absolute atomic E-state index is 14.2. The Kier molecular flexibility index (Phi) is 10.7. The normalized spacial score (nSPS) is 12.5. The summed E-state index contributed by atoms with van der Waals surface area (Å²) in [5, 5.41) is 3.98. The molecule has 0 spiro atoms. The number of sulfonamides is 1. The maximum atomic E-state index is 14.2. The van der Waals surface area contributed by atoms with Crippen molar-refractivity contribution in [2.45, 2.75) is 64.1 Å². The van der Waals surface area contributed by atoms with Crippen LogP contribution in [0.15, 0.2) is 71.6 Å². The number of nitrogens with zero attached hydrogens (tertiary/aromatic N) is 2. The first-order valence-corrected chi connectivity index (χ1v) is 15.6. The number of hydrogen-bond donors (Lipinski definition) is 1. The molecule has 0 saturated carbocycles. The summed E-state index contributed by atoms with van der Waals surface area (Å²) >= 11 is 18.4. The lowest BCUT2D eigenvalue weighted by molar-refractivity contribution is -0.141. The molecule has 3 rings (SSSR count). The zero-order chi connectivity index (χ0) is 30.5. The van der Waals surface area contributed by atoms with Gasteiger partial charge in [0.25, 0.3) is 10.0 Å². The molecule has 11 heteroatoms. The fourth-order valence-electron chi connectivity index (χ4n) is 4.30. The molecule has 1 unspecified atom stereocenters. The Labute approximate surface area is 257 Å². The second-order valence-corrected chi connectivity index (χ2v) is 13.8. The lowest BCUT2D eigenvalue weighted by atomic mass is 10.1. The average Bonchev–Trinajstić information content (AvgIpc) is 2.88. The third kappa shape index (κ3) is 8.38. The lowest BCUT2D eigenvalue weighted by Gasteiger charge is -2.35. The van der Waals surface area contributed by atoms with E-state index < -0.39 is 34.1 Å². The van der Waals surface area contributed by atoms with Crippen LogP contribution in [-0.4, -0.2) is 43.3 Å². The van der Waals surface area contributed by atoms with Crippen LogP contribution < -0.4 is 9.62 Å². The van der Waals surface area contributed by atoms with Gasteiger partial charge in [-0.1, -0.05) is 66.0 Å². The minimum Gasteiger partial charge on any atom is -0.350 e. The minimum atomic E-state index is -4.20. The highest BCUT2D eigenvalue weighted by molar-refractivity contribution is 7.92. The third-order valence-corrected chi connectivity index (χ3v) is 9.05. The van der Waals surface area contributed by atoms with Crippen LogP contribution in [-0.2, 0) is 26.2 Å². The predicted octanol–water partition coefficient (Wildman–Crippen LogP) is 6.87. The average molecular weight is 639 g/mol. The van der Waals surface area contributed by atoms with Gasteiger partial charge in [0, 0.05) is 17.1 Å². The molecule has 3 aromatic carbocycles. The zero-order valence-corrected chi connectivity index (χ0v) is 26.7. The Balaban J connectivity index is 2.10. The summed E-state index contributed by atoms with van der Waals surface area (Å²) in [7, 11) is -4.20. The van der Waals surface area contributed by atoms with Crippen molar-refractivity contribution < 1.29 is 18.0 Å². The maximum Gasteiger partial charge on any atom is 0.264 e. The molecule has 7 nitrogen and oxygen atoms in total. The zero-order valence-electron chi connectivity index (χ0n) is 23.6. The second-order valence-electron chi connectivity index (χ2n) is 10.7. The molecular formula is C30H34Cl3N3O4S. The van der Waals surface area contributed by atoms with E-state index in [1.807, 2.05) is 20.8 Å². The van der Waals surface area contributed by atoms with Crippen molar-refractivity contribution in [1.82, 2.24) is 10.2 Å². The molecule has 0 saturated heterocycles. The molecule has 2 amide bonds. The van der Waals surface area contributed by atoms with Crippen LogP contribution in [0.5, 0.6) is 0 Å². The fraction of sp³-hybridized carbons (Fsp3) is 0.333. The Morgan fingerprint density at radius 1 is 0.927 bits per heavy atom. The van der Waals surface area contributed by atoms with Crippen LogP contribution in [0, 0.1) is 6.92 Å². The molecule has 1 N–H and O–H groups in total. The highest BCUT2D eigenvalue weighted by Gasteiger charge is 2.35. The molecule has 0 aromatic heterocycles. The minimum absolute atomic E-state index is 0.00833. The van der Waals surface area contributed by atoms with Crippen molar-refractivity contribution in [1.29, 1.82) is 0 Å². The number of amides is 2. The number of carbonyl (C=O) groups is 2. The van der Waals surface area contributed by atoms with Gasteiger partial charge in [-0.25, -0.2) is 8.42 Å². The number of para-hydroxylation sites is 1. The van der Waals surface area contributed by atoms with Gasteiger partial charge in [0.2, 0.25) is 11.8 Å². The second kappa shape index (κ2) is 13.5. The summed E-state index contributed by atoms with van der Waals surface area (Å²) in [6.07, 6.45) is 0.295. The van der Waals surface area contributed by atoms with Gasteiger partial charge < -0.3 is 10.2 Å². The van der Waals surface area contributed by atoms with Crippen molar-refractivity contribution in [2.75, 3.05) is 10.8 Å². The molecular weight excluding hydrogens is 605 g/mol. The summed E-state index contributed by atoms with van der Waals surface area (Å²) in [6.45, 7) is 8.57. The smallest absolute Gasteiger partial charge is 0.264 e. The highest BCUT2D eigenvalue weighted by atomic mass is 35.5. The first-order chi connectivity index (χ1) is 19.1. The first-order valence-electron chi connectivity index (χ1n) is 13.0. The number of carbonyl (C=O) groups excluding carboxylic acids is 2. The third-order valence-electron chi connectivity index (χ3n) is 6.29. The number of benzene rings is 3. The van der Waals surface area contributed by atoms with Gasteiger partial charge in [-0.05, 0) is 87.7 Å². The van der Waals surface area contributed by atoms with Gasteiger partial charge in [-0.15, -0.1) is 0 Å². The molecule has 1 atom stereocenters. The summed E-state index contributed by atoms with van der Waals surface area (Å²) in [5.41, 5.74) is 1.09. The van der Waals surface area contributed by atoms with Crippen LogP contribution in [0.2, 0.25) is 15.1 Å². The number of anilines is 1. The van der Waals surface area contributed by atoms with E-state index in [1.54, 1.807) is 56.3 Å². The van der Waals surface area contributed by atoms with E-state index >= 15 is 0 Å². The molecule has 0 bridgehead atoms. The number of hydrogen-bond acceptors (Lipinski definition) is 4. The van der Waals surface area contributed by atoms with Gasteiger partial charge in [-0.3, -0.25) is 13.9 Å². The fourth-order valence-corrected chi connectivity index (χ4v) is 6.22. The molecule has 0 radical (unpaired) electrons. The highest BCUT2D eigenvalue weighted by Crippen LogP contribution is 2.29. The van der Waals surface area contributed by atoms with E-state index in [-0.39, 0.29) is 17.3 Å². The van der Waals surface area contributed by atoms with Crippen molar-refractivity contribution in [2.24, 2.45) is 0 Å². The number of nitrogens with one attached hydrogen (secondary N) is 1. The molecule has 0 aliphatic heterocycles. The number of halogens is 3. The van der Waals surface area contributed by atoms with Crippen molar-refractivity contribution in [3.8, 4) is 0 Å². The molecule has 0 heterocycles. The van der Waals surface area contributed by atoms with Gasteiger partial charge in [0.15, 0.2) is 0 Å². The Bertz CT molecular complexity index is 1510. The summed E-state index contributed by atoms with van der Waals surface area (Å²) in [6, 6.07) is 16.7. The molecule has 220 valence electrons. The van der Waals surface area contributed by atoms with E-state index in [0.29, 0.717) is 38.3 Å². The molecule has 0 fully saturated rings. The van der Waals surface area contributed by atoms with Crippen LogP contribution in [0.4, 0.5) is 5.69 Å². The van der Waals surface area contributed by atoms with Crippen LogP contribution in [0.1, 0.15) is 45.2 Å². The van der Waals surface area contributed by atoms with E-state index in [1.165, 1.54) is 29.2 Å². The van der Waals surface area contributed by atoms with Crippen molar-refractivity contribution in [3.63, 3.8) is 0 Å². The Morgan fingerprint density at radius 3 is 2.12 bits per heavy atom. The van der Waals surface area contributed by atoms with Gasteiger partial charge >= 0.3 is 0 Å². The van der Waals surface area contributed by atoms with E-state index in [4.69, 9.17) is 34.8 Å². The van der Waals surface area contributed by atoms with Crippen molar-refractivity contribution >= 4 is 62.3 Å². The summed E-state index contributed by atoms with van der Waals surface area (Å²) in [4.78, 5) is 28.9. The van der Waals surface area contributed by atoms with E-state index in [2.05, 4.69) is 5.32 Å². The quantitative estimate of drug-likeness (QED) is 0.263. The summed E-state index contributed by atoms with van der Waals surface area (Å²) in [5.74, 6) is -0.913. The van der Waals surface area contributed by atoms with Gasteiger partial charge in [-0.2, -0.15) is 0 Å². The van der Waals surface area contributed by atoms with E-state index in [9.17, 15) is 18.0 Å². The SMILES string of the molecule is CCC(C(=O)NC(C)(C)C)N(Cc1ccc(Cl)c(Cl)c1)C(=O)CN(c1ccccc1C)S(=O)(=O)c1ccc(Cl)cc1. The van der Waals surface area contributed by atoms with Crippen LogP contribution in [0.3, 0.4) is 0 Å². The first kappa shape index (κ1) is 32.7. The predicted molar refractivity (Wildman–Crippen MR) is 166 cm³/mol. The van der Waals surface area contributed by atoms with Crippen molar-refractivity contribution in [3.05, 3.63) is 92.9 Å². The van der Waals surface area contributed by atoms with Gasteiger partial charge in [0.05, 0.1) is 20.6 Å².